The molecule has 1 fully saturated rings. The molecule has 9 heteroatoms. The molecule has 0 radical (unpaired) electrons. The van der Waals surface area contributed by atoms with Crippen molar-refractivity contribution >= 4 is 17.5 Å². The molecular formula is C29H27FN5O3-. The van der Waals surface area contributed by atoms with E-state index in [4.69, 9.17) is 4.74 Å². The molecule has 2 unspecified atom stereocenters. The summed E-state index contributed by atoms with van der Waals surface area (Å²) in [6.45, 7) is 0.480. The Kier molecular flexibility index (Phi) is 7.73. The van der Waals surface area contributed by atoms with Gasteiger partial charge in [-0.1, -0.05) is 35.9 Å². The number of hydrogen-bond donors (Lipinski definition) is 1. The van der Waals surface area contributed by atoms with Gasteiger partial charge in [-0.05, 0) is 61.5 Å². The Labute approximate surface area is 220 Å². The van der Waals surface area contributed by atoms with Gasteiger partial charge in [-0.3, -0.25) is 9.59 Å². The quantitative estimate of drug-likeness (QED) is 0.333. The zero-order valence-electron chi connectivity index (χ0n) is 20.6. The van der Waals surface area contributed by atoms with E-state index in [9.17, 15) is 14.0 Å². The number of nitrogens with one attached hydrogen (secondary N) is 1. The Bertz CT molecular complexity index is 1350. The highest BCUT2D eigenvalue weighted by atomic mass is 19.1. The molecule has 1 aliphatic rings. The number of rotatable bonds is 9. The fraction of sp³-hybridized carbons (Fsp3) is 0.207. The second kappa shape index (κ2) is 11.7. The molecule has 1 aromatic heterocycles. The highest BCUT2D eigenvalue weighted by molar-refractivity contribution is 5.97. The molecule has 0 saturated carbocycles. The molecule has 3 aromatic carbocycles. The number of likely N-dealkylation sites (tertiary alicyclic amines) is 1. The molecule has 1 aliphatic heterocycles. The summed E-state index contributed by atoms with van der Waals surface area (Å²) in [5.41, 5.74) is 1.77. The second-order valence-corrected chi connectivity index (χ2v) is 9.15. The number of benzene rings is 3. The predicted molar refractivity (Wildman–Crippen MR) is 140 cm³/mol. The molecule has 8 nitrogen and oxygen atoms in total. The Hall–Kier alpha value is -4.53. The molecule has 2 amide bonds. The molecule has 0 spiro atoms. The van der Waals surface area contributed by atoms with Gasteiger partial charge >= 0.3 is 0 Å². The number of anilines is 1. The van der Waals surface area contributed by atoms with E-state index in [-0.39, 0.29) is 30.1 Å². The van der Waals surface area contributed by atoms with Crippen molar-refractivity contribution in [3.63, 3.8) is 0 Å². The maximum atomic E-state index is 13.3. The van der Waals surface area contributed by atoms with Crippen LogP contribution in [0.25, 0.3) is 0 Å². The van der Waals surface area contributed by atoms with Crippen LogP contribution in [0.15, 0.2) is 91.5 Å². The Balaban J connectivity index is 1.24. The molecular weight excluding hydrogens is 485 g/mol. The summed E-state index contributed by atoms with van der Waals surface area (Å²) in [6.07, 6.45) is 6.34. The summed E-state index contributed by atoms with van der Waals surface area (Å²) >= 11 is 0. The highest BCUT2D eigenvalue weighted by Gasteiger charge is 2.36. The fourth-order valence-electron chi connectivity index (χ4n) is 4.49. The Morgan fingerprint density at radius 2 is 1.71 bits per heavy atom. The molecule has 5 rings (SSSR count). The molecule has 0 aliphatic carbocycles. The van der Waals surface area contributed by atoms with Gasteiger partial charge in [-0.15, -0.1) is 5.92 Å². The summed E-state index contributed by atoms with van der Waals surface area (Å²) in [5.74, 6) is 0.367. The average Bonchev–Trinajstić information content (AvgIpc) is 3.61. The first-order chi connectivity index (χ1) is 18.5. The van der Waals surface area contributed by atoms with Crippen molar-refractivity contribution in [3.05, 3.63) is 109 Å². The van der Waals surface area contributed by atoms with Crippen molar-refractivity contribution in [1.82, 2.24) is 19.7 Å². The zero-order valence-corrected chi connectivity index (χ0v) is 20.6. The summed E-state index contributed by atoms with van der Waals surface area (Å²) in [6, 6.07) is 22.1. The third kappa shape index (κ3) is 6.42. The van der Waals surface area contributed by atoms with Crippen LogP contribution in [0.3, 0.4) is 0 Å². The number of nitrogens with zero attached hydrogens (tertiary/aromatic N) is 4. The SMILES string of the molecule is O=C(Nc1ccc(Oc2ccc(F)cc2)cc1)C1CC([CH-]Cc2ccccc2)CN1C(=O)Cn1cncn1. The maximum absolute atomic E-state index is 13.3. The van der Waals surface area contributed by atoms with Gasteiger partial charge in [0.1, 0.15) is 42.6 Å². The lowest BCUT2D eigenvalue weighted by Crippen LogP contribution is -2.44. The number of hydrogen-bond acceptors (Lipinski definition) is 5. The second-order valence-electron chi connectivity index (χ2n) is 9.15. The van der Waals surface area contributed by atoms with Gasteiger partial charge < -0.3 is 21.4 Å². The van der Waals surface area contributed by atoms with E-state index >= 15 is 0 Å². The third-order valence-electron chi connectivity index (χ3n) is 6.42. The zero-order chi connectivity index (χ0) is 26.3. The van der Waals surface area contributed by atoms with Crippen molar-refractivity contribution in [3.8, 4) is 11.5 Å². The van der Waals surface area contributed by atoms with E-state index in [2.05, 4.69) is 34.0 Å². The van der Waals surface area contributed by atoms with E-state index in [1.807, 2.05) is 18.2 Å². The molecule has 2 atom stereocenters. The molecule has 38 heavy (non-hydrogen) atoms. The summed E-state index contributed by atoms with van der Waals surface area (Å²) < 4.78 is 20.3. The lowest BCUT2D eigenvalue weighted by atomic mass is 9.97. The van der Waals surface area contributed by atoms with Crippen LogP contribution < -0.4 is 10.1 Å². The third-order valence-corrected chi connectivity index (χ3v) is 6.42. The lowest BCUT2D eigenvalue weighted by Gasteiger charge is -2.25. The van der Waals surface area contributed by atoms with Gasteiger partial charge in [0.05, 0.1) is 0 Å². The Morgan fingerprint density at radius 3 is 2.39 bits per heavy atom. The topological polar surface area (TPSA) is 89.4 Å². The van der Waals surface area contributed by atoms with Crippen LogP contribution in [-0.4, -0.2) is 44.1 Å². The van der Waals surface area contributed by atoms with Crippen LogP contribution in [-0.2, 0) is 22.6 Å². The average molecular weight is 513 g/mol. The van der Waals surface area contributed by atoms with E-state index in [0.717, 1.165) is 6.42 Å². The normalized spacial score (nSPS) is 16.8. The number of aromatic nitrogens is 3. The molecule has 0 bridgehead atoms. The molecule has 4 aromatic rings. The van der Waals surface area contributed by atoms with Crippen LogP contribution in [0.5, 0.6) is 11.5 Å². The van der Waals surface area contributed by atoms with E-state index < -0.39 is 6.04 Å². The summed E-state index contributed by atoms with van der Waals surface area (Å²) in [5, 5.41) is 6.96. The number of carbonyl (C=O) groups excluding carboxylic acids is 2. The van der Waals surface area contributed by atoms with E-state index in [0.29, 0.717) is 30.2 Å². The standard InChI is InChI=1S/C29H27FN5O3/c30-23-8-12-25(13-9-23)38-26-14-10-24(11-15-26)33-29(37)27-16-22(7-6-21-4-2-1-3-5-21)17-35(27)28(36)18-34-20-31-19-32-34/h1-5,7-15,19-20,22,27H,6,16-18H2,(H,33,37)/q-1. The van der Waals surface area contributed by atoms with Crippen molar-refractivity contribution < 1.29 is 18.7 Å². The summed E-state index contributed by atoms with van der Waals surface area (Å²) in [7, 11) is 0. The highest BCUT2D eigenvalue weighted by Crippen LogP contribution is 2.29. The van der Waals surface area contributed by atoms with Gasteiger partial charge in [0, 0.05) is 5.69 Å². The smallest absolute Gasteiger partial charge is 0.247 e. The minimum atomic E-state index is -0.613. The first kappa shape index (κ1) is 25.1. The Morgan fingerprint density at radius 1 is 1.00 bits per heavy atom. The number of ether oxygens (including phenoxy) is 1. The van der Waals surface area contributed by atoms with E-state index in [1.54, 1.807) is 41.3 Å². The maximum Gasteiger partial charge on any atom is 0.247 e. The van der Waals surface area contributed by atoms with Crippen molar-refractivity contribution in [2.45, 2.75) is 25.4 Å². The van der Waals surface area contributed by atoms with Crippen molar-refractivity contribution in [2.24, 2.45) is 5.92 Å². The first-order valence-corrected chi connectivity index (χ1v) is 12.4. The van der Waals surface area contributed by atoms with Gasteiger partial charge in [0.15, 0.2) is 0 Å². The molecule has 194 valence electrons. The van der Waals surface area contributed by atoms with Crippen LogP contribution in [0, 0.1) is 18.2 Å². The molecule has 2 heterocycles. The van der Waals surface area contributed by atoms with Gasteiger partial charge in [-0.25, -0.2) is 14.1 Å². The van der Waals surface area contributed by atoms with Crippen molar-refractivity contribution in [2.75, 3.05) is 11.9 Å². The fourth-order valence-corrected chi connectivity index (χ4v) is 4.49. The van der Waals surface area contributed by atoms with Crippen LogP contribution in [0.2, 0.25) is 0 Å². The predicted octanol–water partition coefficient (Wildman–Crippen LogP) is 4.51. The number of amides is 2. The molecule has 1 saturated heterocycles. The minimum Gasteiger partial charge on any atom is -0.457 e. The number of carbonyl (C=O) groups is 2. The molecule has 1 N–H and O–H groups in total. The number of halogens is 1. The summed E-state index contributed by atoms with van der Waals surface area (Å²) in [4.78, 5) is 32.0. The van der Waals surface area contributed by atoms with Gasteiger partial charge in [0.25, 0.3) is 0 Å². The van der Waals surface area contributed by atoms with Crippen molar-refractivity contribution in [1.29, 1.82) is 0 Å². The van der Waals surface area contributed by atoms with Gasteiger partial charge in [0.2, 0.25) is 11.8 Å². The van der Waals surface area contributed by atoms with E-state index in [1.165, 1.54) is 35.0 Å². The van der Waals surface area contributed by atoms with Crippen LogP contribution in [0.1, 0.15) is 12.0 Å². The largest absolute Gasteiger partial charge is 0.457 e. The van der Waals surface area contributed by atoms with Crippen LogP contribution >= 0.6 is 0 Å². The first-order valence-electron chi connectivity index (χ1n) is 12.4. The van der Waals surface area contributed by atoms with Crippen LogP contribution in [0.4, 0.5) is 10.1 Å². The lowest BCUT2D eigenvalue weighted by molar-refractivity contribution is -0.137. The minimum absolute atomic E-state index is 0.0185. The van der Waals surface area contributed by atoms with Gasteiger partial charge in [-0.2, -0.15) is 11.5 Å². The monoisotopic (exact) mass is 512 g/mol.